The summed E-state index contributed by atoms with van der Waals surface area (Å²) in [5.74, 6) is 0. The first-order valence-corrected chi connectivity index (χ1v) is 4.22. The average Bonchev–Trinajstić information content (AvgIpc) is 2.29. The van der Waals surface area contributed by atoms with Gasteiger partial charge in [-0.05, 0) is 25.5 Å². The zero-order valence-electron chi connectivity index (χ0n) is 7.76. The Labute approximate surface area is 72.6 Å². The first kappa shape index (κ1) is 7.41. The number of nitrogens with zero attached hydrogens (tertiary/aromatic N) is 1. The molecule has 0 saturated carbocycles. The Morgan fingerprint density at radius 1 is 1.17 bits per heavy atom. The van der Waals surface area contributed by atoms with Crippen LogP contribution in [0.2, 0.25) is 0 Å². The molecular formula is C11H13N. The van der Waals surface area contributed by atoms with Gasteiger partial charge < -0.3 is 4.57 Å². The third-order valence-electron chi connectivity index (χ3n) is 2.50. The lowest BCUT2D eigenvalue weighted by molar-refractivity contribution is 0.914. The summed E-state index contributed by atoms with van der Waals surface area (Å²) in [4.78, 5) is 0. The SMILES string of the molecule is Cc1cccc2cc(C)n(C)c12. The van der Waals surface area contributed by atoms with E-state index in [2.05, 4.69) is 49.7 Å². The maximum absolute atomic E-state index is 2.24. The molecule has 0 fully saturated rings. The van der Waals surface area contributed by atoms with Crippen molar-refractivity contribution in [2.24, 2.45) is 7.05 Å². The molecule has 1 aromatic heterocycles. The number of fused-ring (bicyclic) bond motifs is 1. The Balaban J connectivity index is 2.97. The van der Waals surface area contributed by atoms with E-state index in [9.17, 15) is 0 Å². The maximum Gasteiger partial charge on any atom is 0.0509 e. The lowest BCUT2D eigenvalue weighted by atomic mass is 10.2. The molecule has 12 heavy (non-hydrogen) atoms. The number of hydrogen-bond acceptors (Lipinski definition) is 0. The molecule has 0 spiro atoms. The van der Waals surface area contributed by atoms with E-state index in [1.807, 2.05) is 0 Å². The van der Waals surface area contributed by atoms with Crippen LogP contribution in [0.1, 0.15) is 11.3 Å². The van der Waals surface area contributed by atoms with Crippen LogP contribution in [0.4, 0.5) is 0 Å². The van der Waals surface area contributed by atoms with Crippen LogP contribution in [-0.2, 0) is 7.05 Å². The fourth-order valence-electron chi connectivity index (χ4n) is 1.75. The van der Waals surface area contributed by atoms with Crippen molar-refractivity contribution in [1.82, 2.24) is 4.57 Å². The van der Waals surface area contributed by atoms with Crippen LogP contribution >= 0.6 is 0 Å². The van der Waals surface area contributed by atoms with Gasteiger partial charge >= 0.3 is 0 Å². The zero-order valence-corrected chi connectivity index (χ0v) is 7.76. The topological polar surface area (TPSA) is 4.93 Å². The number of benzene rings is 1. The monoisotopic (exact) mass is 159 g/mol. The molecule has 2 aromatic rings. The highest BCUT2D eigenvalue weighted by Crippen LogP contribution is 2.20. The van der Waals surface area contributed by atoms with Crippen LogP contribution in [0.3, 0.4) is 0 Å². The standard InChI is InChI=1S/C11H13N/c1-8-5-4-6-10-7-9(2)12(3)11(8)10/h4-7H,1-3H3. The minimum atomic E-state index is 1.32. The number of para-hydroxylation sites is 1. The quantitative estimate of drug-likeness (QED) is 0.557. The van der Waals surface area contributed by atoms with Crippen molar-refractivity contribution in [2.75, 3.05) is 0 Å². The smallest absolute Gasteiger partial charge is 0.0509 e. The van der Waals surface area contributed by atoms with Crippen molar-refractivity contribution in [1.29, 1.82) is 0 Å². The fraction of sp³-hybridized carbons (Fsp3) is 0.273. The Bertz CT molecular complexity index is 424. The highest BCUT2D eigenvalue weighted by Gasteiger charge is 2.02. The van der Waals surface area contributed by atoms with E-state index in [1.54, 1.807) is 0 Å². The molecule has 0 unspecified atom stereocenters. The van der Waals surface area contributed by atoms with Gasteiger partial charge in [-0.3, -0.25) is 0 Å². The van der Waals surface area contributed by atoms with Crippen LogP contribution < -0.4 is 0 Å². The third kappa shape index (κ3) is 0.860. The second-order valence-corrected chi connectivity index (χ2v) is 3.36. The Morgan fingerprint density at radius 3 is 2.58 bits per heavy atom. The van der Waals surface area contributed by atoms with Gasteiger partial charge in [-0.15, -0.1) is 0 Å². The highest BCUT2D eigenvalue weighted by molar-refractivity contribution is 5.84. The molecule has 1 heteroatoms. The summed E-state index contributed by atoms with van der Waals surface area (Å²) >= 11 is 0. The second-order valence-electron chi connectivity index (χ2n) is 3.36. The molecular weight excluding hydrogens is 146 g/mol. The van der Waals surface area contributed by atoms with Gasteiger partial charge in [0.15, 0.2) is 0 Å². The van der Waals surface area contributed by atoms with Gasteiger partial charge in [0, 0.05) is 18.1 Å². The second kappa shape index (κ2) is 2.37. The molecule has 1 heterocycles. The van der Waals surface area contributed by atoms with Crippen molar-refractivity contribution in [3.8, 4) is 0 Å². The fourth-order valence-corrected chi connectivity index (χ4v) is 1.75. The van der Waals surface area contributed by atoms with Crippen LogP contribution in [0, 0.1) is 13.8 Å². The van der Waals surface area contributed by atoms with Crippen LogP contribution in [0.5, 0.6) is 0 Å². The molecule has 0 amide bonds. The molecule has 62 valence electrons. The number of hydrogen-bond donors (Lipinski definition) is 0. The van der Waals surface area contributed by atoms with Crippen molar-refractivity contribution in [3.05, 3.63) is 35.5 Å². The van der Waals surface area contributed by atoms with Crippen molar-refractivity contribution < 1.29 is 0 Å². The summed E-state index contributed by atoms with van der Waals surface area (Å²) in [5.41, 5.74) is 4.03. The summed E-state index contributed by atoms with van der Waals surface area (Å²) in [6, 6.07) is 8.65. The molecule has 0 N–H and O–H groups in total. The molecule has 0 bridgehead atoms. The Morgan fingerprint density at radius 2 is 1.92 bits per heavy atom. The van der Waals surface area contributed by atoms with E-state index in [4.69, 9.17) is 0 Å². The van der Waals surface area contributed by atoms with Gasteiger partial charge in [0.2, 0.25) is 0 Å². The number of rotatable bonds is 0. The van der Waals surface area contributed by atoms with Gasteiger partial charge in [-0.25, -0.2) is 0 Å². The minimum absolute atomic E-state index is 1.32. The van der Waals surface area contributed by atoms with Crippen LogP contribution in [0.25, 0.3) is 10.9 Å². The Hall–Kier alpha value is -1.24. The predicted octanol–water partition coefficient (Wildman–Crippen LogP) is 2.80. The van der Waals surface area contributed by atoms with E-state index in [0.29, 0.717) is 0 Å². The molecule has 0 atom stereocenters. The summed E-state index contributed by atoms with van der Waals surface area (Å²) < 4.78 is 2.24. The average molecular weight is 159 g/mol. The van der Waals surface area contributed by atoms with Gasteiger partial charge in [0.25, 0.3) is 0 Å². The molecule has 1 aromatic carbocycles. The van der Waals surface area contributed by atoms with Crippen molar-refractivity contribution in [2.45, 2.75) is 13.8 Å². The zero-order chi connectivity index (χ0) is 8.72. The maximum atomic E-state index is 2.24. The molecule has 2 rings (SSSR count). The third-order valence-corrected chi connectivity index (χ3v) is 2.50. The van der Waals surface area contributed by atoms with E-state index >= 15 is 0 Å². The number of aromatic nitrogens is 1. The van der Waals surface area contributed by atoms with Gasteiger partial charge in [0.1, 0.15) is 0 Å². The van der Waals surface area contributed by atoms with Crippen molar-refractivity contribution >= 4 is 10.9 Å². The molecule has 0 aliphatic heterocycles. The molecule has 0 radical (unpaired) electrons. The van der Waals surface area contributed by atoms with E-state index in [-0.39, 0.29) is 0 Å². The van der Waals surface area contributed by atoms with Crippen LogP contribution in [-0.4, -0.2) is 4.57 Å². The summed E-state index contributed by atoms with van der Waals surface area (Å²) in [7, 11) is 2.12. The number of aryl methyl sites for hydroxylation is 3. The predicted molar refractivity (Wildman–Crippen MR) is 52.4 cm³/mol. The molecule has 1 nitrogen and oxygen atoms in total. The Kier molecular flexibility index (Phi) is 1.47. The molecule has 0 saturated heterocycles. The summed E-state index contributed by atoms with van der Waals surface area (Å²) in [6.45, 7) is 4.29. The van der Waals surface area contributed by atoms with E-state index < -0.39 is 0 Å². The first-order chi connectivity index (χ1) is 5.70. The largest absolute Gasteiger partial charge is 0.348 e. The van der Waals surface area contributed by atoms with Gasteiger partial charge in [-0.1, -0.05) is 18.2 Å². The van der Waals surface area contributed by atoms with Gasteiger partial charge in [-0.2, -0.15) is 0 Å². The van der Waals surface area contributed by atoms with E-state index in [0.717, 1.165) is 0 Å². The minimum Gasteiger partial charge on any atom is -0.348 e. The summed E-state index contributed by atoms with van der Waals surface area (Å²) in [6.07, 6.45) is 0. The normalized spacial score (nSPS) is 10.9. The lowest BCUT2D eigenvalue weighted by Crippen LogP contribution is -1.90. The first-order valence-electron chi connectivity index (χ1n) is 4.22. The van der Waals surface area contributed by atoms with Gasteiger partial charge in [0.05, 0.1) is 5.52 Å². The lowest BCUT2D eigenvalue weighted by Gasteiger charge is -2.01. The highest BCUT2D eigenvalue weighted by atomic mass is 14.9. The molecule has 0 aliphatic carbocycles. The van der Waals surface area contributed by atoms with E-state index in [1.165, 1.54) is 22.2 Å². The van der Waals surface area contributed by atoms with Crippen LogP contribution in [0.15, 0.2) is 24.3 Å². The molecule has 0 aliphatic rings. The van der Waals surface area contributed by atoms with Crippen molar-refractivity contribution in [3.63, 3.8) is 0 Å². The summed E-state index contributed by atoms with van der Waals surface area (Å²) in [5, 5.41) is 1.34.